The first-order valence-corrected chi connectivity index (χ1v) is 5.18. The van der Waals surface area contributed by atoms with Gasteiger partial charge in [-0.15, -0.1) is 0 Å². The Kier molecular flexibility index (Phi) is 21.0. The molecule has 1 saturated heterocycles. The second-order valence-electron chi connectivity index (χ2n) is 2.79. The number of nitrogens with zero attached hydrogens (tertiary/aromatic N) is 1. The van der Waals surface area contributed by atoms with E-state index in [-0.39, 0.29) is 86.8 Å². The molecule has 0 aromatic heterocycles. The summed E-state index contributed by atoms with van der Waals surface area (Å²) in [6, 6.07) is -0.999. The largest absolute Gasteiger partial charge is 1.00 e. The molecule has 0 spiro atoms. The maximum absolute atomic E-state index is 10.7. The van der Waals surface area contributed by atoms with Gasteiger partial charge in [-0.1, -0.05) is 0 Å². The first-order valence-electron chi connectivity index (χ1n) is 3.68. The number of aliphatic carboxylic acids is 1. The topological polar surface area (TPSA) is 234 Å². The van der Waals surface area contributed by atoms with Gasteiger partial charge in [0.2, 0.25) is 0 Å². The van der Waals surface area contributed by atoms with Crippen molar-refractivity contribution >= 4 is 19.7 Å². The molecule has 0 radical (unpaired) electrons. The number of carbonyl (C=O) groups is 1. The summed E-state index contributed by atoms with van der Waals surface area (Å²) >= 11 is 0. The predicted octanol–water partition coefficient (Wildman–Crippen LogP) is -11.0. The maximum atomic E-state index is 10.7. The number of carboxylic acid groups (broad SMARTS) is 1. The van der Waals surface area contributed by atoms with Gasteiger partial charge in [0.25, 0.3) is 0 Å². The van der Waals surface area contributed by atoms with Crippen molar-refractivity contribution in [3.63, 3.8) is 0 Å². The van der Waals surface area contributed by atoms with E-state index < -0.39 is 32.1 Å². The third-order valence-corrected chi connectivity index (χ3v) is 2.81. The van der Waals surface area contributed by atoms with Crippen molar-refractivity contribution in [3.8, 4) is 0 Å². The van der Waals surface area contributed by atoms with Crippen LogP contribution in [0.4, 0.5) is 0 Å². The fraction of sp³-hybridized carbons (Fsp3) is 0.600. The fourth-order valence-corrected chi connectivity index (χ4v) is 2.13. The van der Waals surface area contributed by atoms with E-state index in [1.807, 2.05) is 0 Å². The van der Waals surface area contributed by atoms with Crippen molar-refractivity contribution in [1.82, 2.24) is 9.99 Å². The minimum absolute atomic E-state index is 0. The van der Waals surface area contributed by atoms with E-state index in [9.17, 15) is 19.1 Å². The van der Waals surface area contributed by atoms with Crippen LogP contribution in [0.1, 0.15) is 6.42 Å². The van der Waals surface area contributed by atoms with Crippen molar-refractivity contribution in [3.05, 3.63) is 0 Å². The molecule has 0 aromatic rings. The molecular formula is C5H14N3Na2O8P. The Hall–Kier alpha value is 0.770. The first-order chi connectivity index (χ1) is 6.32. The van der Waals surface area contributed by atoms with Crippen molar-refractivity contribution in [2.45, 2.75) is 12.5 Å². The summed E-state index contributed by atoms with van der Waals surface area (Å²) in [6.45, 7) is -0.0282. The summed E-state index contributed by atoms with van der Waals surface area (Å²) < 4.78 is 10.9. The number of hydrogen-bond acceptors (Lipinski definition) is 5. The number of hydrogen-bond donors (Lipinski definition) is 3. The number of guanidine groups is 1. The van der Waals surface area contributed by atoms with Crippen LogP contribution in [0.3, 0.4) is 0 Å². The molecule has 0 aliphatic carbocycles. The Balaban J connectivity index is -0.000000131. The Morgan fingerprint density at radius 2 is 1.84 bits per heavy atom. The molecule has 0 saturated carbocycles. The molecule has 9 N–H and O–H groups in total. The molecule has 1 aliphatic heterocycles. The van der Waals surface area contributed by atoms with Crippen molar-refractivity contribution in [2.75, 3.05) is 6.54 Å². The van der Waals surface area contributed by atoms with Gasteiger partial charge in [-0.25, -0.2) is 0 Å². The summed E-state index contributed by atoms with van der Waals surface area (Å²) in [5.74, 6) is -1.78. The maximum Gasteiger partial charge on any atom is 1.00 e. The standard InChI is InChI=1S/C5H10N3O5P.2Na.3H2O/c6-5-7-2-3(1-4(9)10)8(5)14(11,12)13;;;;;/h3H,1-2H2,(H2,6,7)(H,9,10)(H2,11,12,13);;;3*1H2/q;2*+1;;;/p-2. The van der Waals surface area contributed by atoms with Crippen molar-refractivity contribution in [1.29, 1.82) is 5.41 Å². The molecular weight excluding hydrogens is 307 g/mol. The van der Waals surface area contributed by atoms with Crippen LogP contribution in [-0.2, 0) is 9.36 Å². The molecule has 0 aromatic carbocycles. The monoisotopic (exact) mass is 321 g/mol. The van der Waals surface area contributed by atoms with Gasteiger partial charge >= 0.3 is 65.1 Å². The van der Waals surface area contributed by atoms with Gasteiger partial charge in [0.05, 0.1) is 12.5 Å². The first kappa shape index (κ1) is 31.9. The summed E-state index contributed by atoms with van der Waals surface area (Å²) in [5.41, 5.74) is 0. The summed E-state index contributed by atoms with van der Waals surface area (Å²) in [6.07, 6.45) is -0.496. The summed E-state index contributed by atoms with van der Waals surface area (Å²) in [4.78, 5) is 31.6. The molecule has 1 unspecified atom stereocenters. The average Bonchev–Trinajstić information content (AvgIpc) is 2.28. The molecule has 1 atom stereocenters. The van der Waals surface area contributed by atoms with Crippen LogP contribution in [0.2, 0.25) is 0 Å². The van der Waals surface area contributed by atoms with E-state index in [4.69, 9.17) is 10.5 Å². The van der Waals surface area contributed by atoms with Crippen LogP contribution in [0.25, 0.3) is 0 Å². The molecule has 14 heteroatoms. The van der Waals surface area contributed by atoms with Crippen molar-refractivity contribution in [2.24, 2.45) is 0 Å². The number of carboxylic acids is 1. The second kappa shape index (κ2) is 12.5. The second-order valence-corrected chi connectivity index (χ2v) is 4.16. The van der Waals surface area contributed by atoms with Gasteiger partial charge in [-0.3, -0.25) is 10.2 Å². The summed E-state index contributed by atoms with van der Waals surface area (Å²) in [7, 11) is -5.10. The third kappa shape index (κ3) is 9.34. The minimum Gasteiger partial charge on any atom is -0.795 e. The Morgan fingerprint density at radius 1 is 1.42 bits per heavy atom. The SMILES string of the molecule is N=C1NCC(CC(=O)O)N1P(=O)([O-])[O-].O.O.O.[Na+].[Na+]. The third-order valence-electron chi connectivity index (χ3n) is 1.75. The van der Waals surface area contributed by atoms with Gasteiger partial charge in [-0.05, 0) is 0 Å². The van der Waals surface area contributed by atoms with Crippen LogP contribution < -0.4 is 74.2 Å². The van der Waals surface area contributed by atoms with Gasteiger partial charge in [-0.2, -0.15) is 0 Å². The summed E-state index contributed by atoms with van der Waals surface area (Å²) in [5, 5.41) is 17.8. The fourth-order valence-electron chi connectivity index (χ4n) is 1.25. The zero-order valence-corrected chi connectivity index (χ0v) is 15.4. The quantitative estimate of drug-likeness (QED) is 0.334. The van der Waals surface area contributed by atoms with Crippen LogP contribution in [0.15, 0.2) is 0 Å². The molecule has 0 bridgehead atoms. The normalized spacial score (nSPS) is 16.4. The molecule has 0 amide bonds. The van der Waals surface area contributed by atoms with Crippen molar-refractivity contribution < 1.29 is 99.8 Å². The van der Waals surface area contributed by atoms with E-state index in [1.54, 1.807) is 0 Å². The minimum atomic E-state index is -5.10. The van der Waals surface area contributed by atoms with E-state index in [0.29, 0.717) is 0 Å². The Bertz CT molecular complexity index is 326. The van der Waals surface area contributed by atoms with E-state index >= 15 is 0 Å². The Morgan fingerprint density at radius 3 is 2.16 bits per heavy atom. The van der Waals surface area contributed by atoms with Crippen LogP contribution in [-0.4, -0.2) is 50.7 Å². The van der Waals surface area contributed by atoms with Gasteiger partial charge in [0, 0.05) is 14.3 Å². The molecule has 19 heavy (non-hydrogen) atoms. The zero-order valence-electron chi connectivity index (χ0n) is 10.5. The smallest absolute Gasteiger partial charge is 0.795 e. The molecule has 1 heterocycles. The van der Waals surface area contributed by atoms with E-state index in [0.717, 1.165) is 0 Å². The van der Waals surface area contributed by atoms with E-state index in [1.165, 1.54) is 0 Å². The molecule has 1 fully saturated rings. The molecule has 1 rings (SSSR count). The zero-order chi connectivity index (χ0) is 10.9. The molecule has 104 valence electrons. The van der Waals surface area contributed by atoms with Gasteiger partial charge in [0.1, 0.15) is 0 Å². The van der Waals surface area contributed by atoms with Crippen LogP contribution >= 0.6 is 7.75 Å². The van der Waals surface area contributed by atoms with Gasteiger partial charge < -0.3 is 45.9 Å². The Labute approximate surface area is 153 Å². The van der Waals surface area contributed by atoms with Gasteiger partial charge in [0.15, 0.2) is 5.96 Å². The van der Waals surface area contributed by atoms with E-state index in [2.05, 4.69) is 5.32 Å². The molecule has 1 aliphatic rings. The number of rotatable bonds is 3. The number of nitrogens with one attached hydrogen (secondary N) is 2. The van der Waals surface area contributed by atoms with Crippen LogP contribution in [0.5, 0.6) is 0 Å². The van der Waals surface area contributed by atoms with Crippen LogP contribution in [0, 0.1) is 5.41 Å². The molecule has 11 nitrogen and oxygen atoms in total. The predicted molar refractivity (Wildman–Crippen MR) is 52.1 cm³/mol. The average molecular weight is 321 g/mol.